The Kier molecular flexibility index (Phi) is 4.43. The molecule has 3 aromatic rings. The number of fused-ring (bicyclic) bond motifs is 1. The second-order valence-electron chi connectivity index (χ2n) is 5.08. The van der Waals surface area contributed by atoms with E-state index in [1.165, 1.54) is 12.1 Å². The van der Waals surface area contributed by atoms with Crippen LogP contribution in [0.25, 0.3) is 11.0 Å². The first kappa shape index (κ1) is 15.6. The Hall–Kier alpha value is -3.34. The molecule has 24 heavy (non-hydrogen) atoms. The van der Waals surface area contributed by atoms with E-state index in [9.17, 15) is 9.59 Å². The summed E-state index contributed by atoms with van der Waals surface area (Å²) in [7, 11) is 1.58. The van der Waals surface area contributed by atoms with Gasteiger partial charge in [-0.25, -0.2) is 4.79 Å². The van der Waals surface area contributed by atoms with Gasteiger partial charge in [0.15, 0.2) is 5.78 Å². The summed E-state index contributed by atoms with van der Waals surface area (Å²) >= 11 is 0. The van der Waals surface area contributed by atoms with E-state index in [1.807, 2.05) is 6.07 Å². The van der Waals surface area contributed by atoms with Gasteiger partial charge in [-0.1, -0.05) is 0 Å². The SMILES string of the molecule is COc1ccc(C(=O)/C=C/Nc2ccc3oc(=O)ccc3c2)cc1. The molecule has 0 aliphatic rings. The molecule has 0 unspecified atom stereocenters. The molecule has 0 radical (unpaired) electrons. The fourth-order valence-corrected chi connectivity index (χ4v) is 2.23. The molecular formula is C19H15NO4. The number of benzene rings is 2. The van der Waals surface area contributed by atoms with E-state index >= 15 is 0 Å². The van der Waals surface area contributed by atoms with E-state index in [1.54, 1.807) is 55.8 Å². The van der Waals surface area contributed by atoms with Crippen LogP contribution in [-0.2, 0) is 0 Å². The molecule has 1 aromatic heterocycles. The van der Waals surface area contributed by atoms with Crippen LogP contribution < -0.4 is 15.7 Å². The Bertz CT molecular complexity index is 955. The summed E-state index contributed by atoms with van der Waals surface area (Å²) in [6.45, 7) is 0. The highest BCUT2D eigenvalue weighted by Crippen LogP contribution is 2.17. The second kappa shape index (κ2) is 6.83. The molecular weight excluding hydrogens is 306 g/mol. The molecule has 1 heterocycles. The molecule has 0 spiro atoms. The number of ketones is 1. The maximum Gasteiger partial charge on any atom is 0.336 e. The fraction of sp³-hybridized carbons (Fsp3) is 0.0526. The summed E-state index contributed by atoms with van der Waals surface area (Å²) < 4.78 is 10.1. The van der Waals surface area contributed by atoms with Gasteiger partial charge in [-0.15, -0.1) is 0 Å². The summed E-state index contributed by atoms with van der Waals surface area (Å²) in [6.07, 6.45) is 3.03. The predicted molar refractivity (Wildman–Crippen MR) is 92.6 cm³/mol. The van der Waals surface area contributed by atoms with Crippen molar-refractivity contribution in [2.45, 2.75) is 0 Å². The molecule has 0 aliphatic heterocycles. The molecule has 0 fully saturated rings. The van der Waals surface area contributed by atoms with E-state index in [2.05, 4.69) is 5.32 Å². The highest BCUT2D eigenvalue weighted by Gasteiger charge is 2.02. The molecule has 1 N–H and O–H groups in total. The van der Waals surface area contributed by atoms with E-state index in [0.717, 1.165) is 11.1 Å². The first-order chi connectivity index (χ1) is 11.7. The maximum atomic E-state index is 12.1. The lowest BCUT2D eigenvalue weighted by Crippen LogP contribution is -1.97. The van der Waals surface area contributed by atoms with Crippen LogP contribution in [0.15, 0.2) is 76.1 Å². The zero-order valence-corrected chi connectivity index (χ0v) is 13.0. The van der Waals surface area contributed by atoms with Crippen molar-refractivity contribution in [1.29, 1.82) is 0 Å². The van der Waals surface area contributed by atoms with Crippen LogP contribution in [0.2, 0.25) is 0 Å². The number of nitrogens with one attached hydrogen (secondary N) is 1. The molecule has 0 saturated carbocycles. The van der Waals surface area contributed by atoms with E-state index in [-0.39, 0.29) is 11.4 Å². The quantitative estimate of drug-likeness (QED) is 0.442. The first-order valence-electron chi connectivity index (χ1n) is 7.31. The van der Waals surface area contributed by atoms with Crippen molar-refractivity contribution in [3.8, 4) is 5.75 Å². The van der Waals surface area contributed by atoms with Crippen LogP contribution in [-0.4, -0.2) is 12.9 Å². The number of carbonyl (C=O) groups is 1. The second-order valence-corrected chi connectivity index (χ2v) is 5.08. The molecule has 0 bridgehead atoms. The third-order valence-corrected chi connectivity index (χ3v) is 3.48. The molecule has 2 aromatic carbocycles. The van der Waals surface area contributed by atoms with Gasteiger partial charge in [0.25, 0.3) is 0 Å². The Balaban J connectivity index is 1.69. The van der Waals surface area contributed by atoms with Gasteiger partial charge in [-0.05, 0) is 48.5 Å². The Morgan fingerprint density at radius 2 is 1.88 bits per heavy atom. The number of methoxy groups -OCH3 is 1. The lowest BCUT2D eigenvalue weighted by molar-refractivity contribution is 0.104. The molecule has 0 atom stereocenters. The van der Waals surface area contributed by atoms with Crippen molar-refractivity contribution in [3.05, 3.63) is 82.9 Å². The van der Waals surface area contributed by atoms with Gasteiger partial charge in [-0.3, -0.25) is 4.79 Å². The normalized spacial score (nSPS) is 10.9. The summed E-state index contributed by atoms with van der Waals surface area (Å²) in [5.41, 5.74) is 1.50. The van der Waals surface area contributed by atoms with Gasteiger partial charge in [-0.2, -0.15) is 0 Å². The van der Waals surface area contributed by atoms with Crippen LogP contribution in [0.4, 0.5) is 5.69 Å². The van der Waals surface area contributed by atoms with E-state index in [0.29, 0.717) is 16.9 Å². The number of hydrogen-bond donors (Lipinski definition) is 1. The van der Waals surface area contributed by atoms with Crippen LogP contribution >= 0.6 is 0 Å². The highest BCUT2D eigenvalue weighted by atomic mass is 16.5. The monoisotopic (exact) mass is 321 g/mol. The van der Waals surface area contributed by atoms with Crippen LogP contribution in [0.3, 0.4) is 0 Å². The summed E-state index contributed by atoms with van der Waals surface area (Å²) in [5.74, 6) is 0.591. The third kappa shape index (κ3) is 3.52. The Morgan fingerprint density at radius 3 is 2.62 bits per heavy atom. The van der Waals surface area contributed by atoms with Crippen molar-refractivity contribution < 1.29 is 13.9 Å². The fourth-order valence-electron chi connectivity index (χ4n) is 2.23. The van der Waals surface area contributed by atoms with E-state index in [4.69, 9.17) is 9.15 Å². The van der Waals surface area contributed by atoms with Crippen LogP contribution in [0.5, 0.6) is 5.75 Å². The first-order valence-corrected chi connectivity index (χ1v) is 7.31. The van der Waals surface area contributed by atoms with E-state index < -0.39 is 0 Å². The number of rotatable bonds is 5. The van der Waals surface area contributed by atoms with Gasteiger partial charge in [0.2, 0.25) is 0 Å². The van der Waals surface area contributed by atoms with Crippen molar-refractivity contribution in [1.82, 2.24) is 0 Å². The smallest absolute Gasteiger partial charge is 0.336 e. The number of ether oxygens (including phenoxy) is 1. The van der Waals surface area contributed by atoms with Crippen molar-refractivity contribution in [3.63, 3.8) is 0 Å². The van der Waals surface area contributed by atoms with Crippen LogP contribution in [0.1, 0.15) is 10.4 Å². The number of anilines is 1. The van der Waals surface area contributed by atoms with Gasteiger partial charge >= 0.3 is 5.63 Å². The largest absolute Gasteiger partial charge is 0.497 e. The zero-order valence-electron chi connectivity index (χ0n) is 13.0. The minimum Gasteiger partial charge on any atom is -0.497 e. The molecule has 0 amide bonds. The topological polar surface area (TPSA) is 68.5 Å². The summed E-state index contributed by atoms with van der Waals surface area (Å²) in [4.78, 5) is 23.2. The minimum absolute atomic E-state index is 0.114. The molecule has 3 rings (SSSR count). The Labute approximate surface area is 138 Å². The number of carbonyl (C=O) groups excluding carboxylic acids is 1. The number of hydrogen-bond acceptors (Lipinski definition) is 5. The highest BCUT2D eigenvalue weighted by molar-refractivity contribution is 6.04. The molecule has 5 nitrogen and oxygen atoms in total. The minimum atomic E-state index is -0.381. The number of allylic oxidation sites excluding steroid dienone is 1. The molecule has 0 aliphatic carbocycles. The average Bonchev–Trinajstić information content (AvgIpc) is 2.61. The van der Waals surface area contributed by atoms with Crippen molar-refractivity contribution in [2.24, 2.45) is 0 Å². The Morgan fingerprint density at radius 1 is 1.08 bits per heavy atom. The van der Waals surface area contributed by atoms with Gasteiger partial charge in [0.05, 0.1) is 7.11 Å². The van der Waals surface area contributed by atoms with Crippen molar-refractivity contribution in [2.75, 3.05) is 12.4 Å². The molecule has 0 saturated heterocycles. The van der Waals surface area contributed by atoms with Crippen molar-refractivity contribution >= 4 is 22.4 Å². The lowest BCUT2D eigenvalue weighted by Gasteiger charge is -2.03. The zero-order chi connectivity index (χ0) is 16.9. The molecule has 120 valence electrons. The third-order valence-electron chi connectivity index (χ3n) is 3.48. The standard InChI is InChI=1S/C19H15NO4/c1-23-16-6-2-13(3-7-16)17(21)10-11-20-15-5-8-18-14(12-15)4-9-19(22)24-18/h2-12,20H,1H3/b11-10+. The lowest BCUT2D eigenvalue weighted by atomic mass is 10.1. The van der Waals surface area contributed by atoms with Gasteiger partial charge < -0.3 is 14.5 Å². The summed E-state index contributed by atoms with van der Waals surface area (Å²) in [6, 6.07) is 15.3. The summed E-state index contributed by atoms with van der Waals surface area (Å²) in [5, 5.41) is 3.83. The average molecular weight is 321 g/mol. The van der Waals surface area contributed by atoms with Gasteiger partial charge in [0.1, 0.15) is 11.3 Å². The maximum absolute atomic E-state index is 12.1. The molecule has 5 heteroatoms. The van der Waals surface area contributed by atoms with Gasteiger partial charge in [0, 0.05) is 35.0 Å². The van der Waals surface area contributed by atoms with Crippen LogP contribution in [0, 0.1) is 0 Å². The predicted octanol–water partition coefficient (Wildman–Crippen LogP) is 3.61.